The molecule has 0 bridgehead atoms. The molecule has 0 spiro atoms. The zero-order valence-electron chi connectivity index (χ0n) is 8.44. The van der Waals surface area contributed by atoms with E-state index < -0.39 is 0 Å². The van der Waals surface area contributed by atoms with E-state index in [0.29, 0.717) is 11.4 Å². The Morgan fingerprint density at radius 1 is 1.60 bits per heavy atom. The molecule has 1 rings (SSSR count). The molecule has 80 valence electrons. The molecule has 0 saturated carbocycles. The van der Waals surface area contributed by atoms with Crippen molar-refractivity contribution in [1.29, 1.82) is 0 Å². The monoisotopic (exact) mass is 225 g/mol. The molecule has 0 atom stereocenters. The van der Waals surface area contributed by atoms with E-state index in [1.54, 1.807) is 18.2 Å². The van der Waals surface area contributed by atoms with E-state index in [9.17, 15) is 4.79 Å². The van der Waals surface area contributed by atoms with Gasteiger partial charge in [0.2, 0.25) is 0 Å². The van der Waals surface area contributed by atoms with Crippen molar-refractivity contribution in [3.8, 4) is 0 Å². The molecule has 0 fully saturated rings. The van der Waals surface area contributed by atoms with Crippen LogP contribution in [-0.2, 0) is 9.63 Å². The third-order valence-electron chi connectivity index (χ3n) is 1.66. The molecule has 4 heteroatoms. The predicted molar refractivity (Wildman–Crippen MR) is 60.0 cm³/mol. The fraction of sp³-hybridized carbons (Fsp3) is 0.273. The summed E-state index contributed by atoms with van der Waals surface area (Å²) in [5.41, 5.74) is 0.798. The Morgan fingerprint density at radius 2 is 2.40 bits per heavy atom. The van der Waals surface area contributed by atoms with Crippen LogP contribution in [0.15, 0.2) is 29.4 Å². The number of rotatable bonds is 4. The molecule has 0 aromatic heterocycles. The summed E-state index contributed by atoms with van der Waals surface area (Å²) in [6.07, 6.45) is 2.60. The number of nitrogens with zero attached hydrogens (tertiary/aromatic N) is 1. The lowest BCUT2D eigenvalue weighted by molar-refractivity contribution is -0.143. The summed E-state index contributed by atoms with van der Waals surface area (Å²) < 4.78 is 0. The van der Waals surface area contributed by atoms with Crippen molar-refractivity contribution in [2.45, 2.75) is 19.8 Å². The molecule has 0 N–H and O–H groups in total. The fourth-order valence-electron chi connectivity index (χ4n) is 0.983. The number of carbonyl (C=O) groups is 1. The van der Waals surface area contributed by atoms with Gasteiger partial charge >= 0.3 is 5.97 Å². The lowest BCUT2D eigenvalue weighted by Gasteiger charge is -1.95. The minimum Gasteiger partial charge on any atom is -0.318 e. The Morgan fingerprint density at radius 3 is 3.07 bits per heavy atom. The van der Waals surface area contributed by atoms with Gasteiger partial charge in [-0.1, -0.05) is 35.8 Å². The number of halogens is 1. The van der Waals surface area contributed by atoms with E-state index in [-0.39, 0.29) is 5.97 Å². The highest BCUT2D eigenvalue weighted by Crippen LogP contribution is 2.08. The highest BCUT2D eigenvalue weighted by Gasteiger charge is 1.98. The van der Waals surface area contributed by atoms with Crippen LogP contribution in [0, 0.1) is 0 Å². The van der Waals surface area contributed by atoms with Crippen molar-refractivity contribution in [2.75, 3.05) is 0 Å². The summed E-state index contributed by atoms with van der Waals surface area (Å²) in [6.45, 7) is 1.90. The second-order valence-corrected chi connectivity index (χ2v) is 3.44. The van der Waals surface area contributed by atoms with Gasteiger partial charge in [-0.3, -0.25) is 0 Å². The molecule has 0 aliphatic carbocycles. The highest BCUT2D eigenvalue weighted by molar-refractivity contribution is 6.30. The van der Waals surface area contributed by atoms with Gasteiger partial charge < -0.3 is 4.84 Å². The van der Waals surface area contributed by atoms with Gasteiger partial charge in [0.15, 0.2) is 0 Å². The molecule has 0 radical (unpaired) electrons. The van der Waals surface area contributed by atoms with Crippen LogP contribution in [0.5, 0.6) is 0 Å². The lowest BCUT2D eigenvalue weighted by Crippen LogP contribution is -1.98. The Labute approximate surface area is 93.7 Å². The Hall–Kier alpha value is -1.35. The van der Waals surface area contributed by atoms with Crippen molar-refractivity contribution in [3.63, 3.8) is 0 Å². The number of oxime groups is 1. The lowest BCUT2D eigenvalue weighted by atomic mass is 10.2. The Kier molecular flexibility index (Phi) is 4.84. The van der Waals surface area contributed by atoms with Crippen LogP contribution in [0.2, 0.25) is 5.02 Å². The summed E-state index contributed by atoms with van der Waals surface area (Å²) in [4.78, 5) is 15.6. The van der Waals surface area contributed by atoms with E-state index in [4.69, 9.17) is 11.6 Å². The van der Waals surface area contributed by atoms with Crippen LogP contribution in [-0.4, -0.2) is 12.2 Å². The first kappa shape index (κ1) is 11.7. The molecule has 0 aliphatic heterocycles. The van der Waals surface area contributed by atoms with Crippen molar-refractivity contribution >= 4 is 23.8 Å². The van der Waals surface area contributed by atoms with E-state index >= 15 is 0 Å². The van der Waals surface area contributed by atoms with Crippen LogP contribution >= 0.6 is 11.6 Å². The van der Waals surface area contributed by atoms with Crippen LogP contribution in [0.1, 0.15) is 25.3 Å². The quantitative estimate of drug-likeness (QED) is 0.449. The van der Waals surface area contributed by atoms with Crippen LogP contribution in [0.25, 0.3) is 0 Å². The molecule has 0 amide bonds. The van der Waals surface area contributed by atoms with Gasteiger partial charge in [-0.2, -0.15) is 0 Å². The molecular formula is C11H12ClNO2. The molecule has 1 aromatic carbocycles. The first-order chi connectivity index (χ1) is 7.22. The van der Waals surface area contributed by atoms with Crippen molar-refractivity contribution in [1.82, 2.24) is 0 Å². The summed E-state index contributed by atoms with van der Waals surface area (Å²) >= 11 is 5.77. The first-order valence-corrected chi connectivity index (χ1v) is 5.09. The smallest absolute Gasteiger partial charge is 0.318 e. The summed E-state index contributed by atoms with van der Waals surface area (Å²) in [6, 6.07) is 7.13. The maximum Gasteiger partial charge on any atom is 0.335 e. The second-order valence-electron chi connectivity index (χ2n) is 3.00. The molecule has 1 aromatic rings. The van der Waals surface area contributed by atoms with Gasteiger partial charge in [0.1, 0.15) is 0 Å². The maximum atomic E-state index is 10.9. The van der Waals surface area contributed by atoms with Gasteiger partial charge in [-0.25, -0.2) is 4.79 Å². The summed E-state index contributed by atoms with van der Waals surface area (Å²) in [7, 11) is 0. The zero-order valence-corrected chi connectivity index (χ0v) is 9.20. The number of carbonyl (C=O) groups excluding carboxylic acids is 1. The minimum absolute atomic E-state index is 0.323. The SMILES string of the molecule is CCCC(=O)O/N=C/c1cccc(Cl)c1. The standard InChI is InChI=1S/C11H12ClNO2/c1-2-4-11(14)15-13-8-9-5-3-6-10(12)7-9/h3,5-8H,2,4H2,1H3/b13-8+. The number of benzene rings is 1. The van der Waals surface area contributed by atoms with Crippen LogP contribution in [0.4, 0.5) is 0 Å². The van der Waals surface area contributed by atoms with Gasteiger partial charge in [0.25, 0.3) is 0 Å². The van der Waals surface area contributed by atoms with Gasteiger partial charge in [0.05, 0.1) is 6.21 Å². The minimum atomic E-state index is -0.323. The predicted octanol–water partition coefficient (Wildman–Crippen LogP) is 3.02. The largest absolute Gasteiger partial charge is 0.335 e. The summed E-state index contributed by atoms with van der Waals surface area (Å²) in [5, 5.41) is 4.19. The molecule has 0 heterocycles. The third kappa shape index (κ3) is 4.61. The van der Waals surface area contributed by atoms with E-state index in [1.165, 1.54) is 6.21 Å². The van der Waals surface area contributed by atoms with E-state index in [2.05, 4.69) is 9.99 Å². The van der Waals surface area contributed by atoms with Crippen molar-refractivity contribution in [3.05, 3.63) is 34.9 Å². The third-order valence-corrected chi connectivity index (χ3v) is 1.89. The Bertz CT molecular complexity index is 363. The normalized spacial score (nSPS) is 10.5. The van der Waals surface area contributed by atoms with Gasteiger partial charge in [-0.05, 0) is 24.1 Å². The average Bonchev–Trinajstić information content (AvgIpc) is 2.18. The number of hydrogen-bond donors (Lipinski definition) is 0. The molecule has 3 nitrogen and oxygen atoms in total. The fourth-order valence-corrected chi connectivity index (χ4v) is 1.18. The van der Waals surface area contributed by atoms with E-state index in [0.717, 1.165) is 12.0 Å². The molecular weight excluding hydrogens is 214 g/mol. The molecule has 0 saturated heterocycles. The zero-order chi connectivity index (χ0) is 11.1. The number of hydrogen-bond acceptors (Lipinski definition) is 3. The topological polar surface area (TPSA) is 38.7 Å². The van der Waals surface area contributed by atoms with Crippen LogP contribution in [0.3, 0.4) is 0 Å². The molecule has 15 heavy (non-hydrogen) atoms. The highest BCUT2D eigenvalue weighted by atomic mass is 35.5. The van der Waals surface area contributed by atoms with Gasteiger partial charge in [0, 0.05) is 11.4 Å². The first-order valence-electron chi connectivity index (χ1n) is 4.71. The van der Waals surface area contributed by atoms with Crippen molar-refractivity contribution < 1.29 is 9.63 Å². The molecule has 0 unspecified atom stereocenters. The van der Waals surface area contributed by atoms with Gasteiger partial charge in [-0.15, -0.1) is 0 Å². The van der Waals surface area contributed by atoms with Crippen molar-refractivity contribution in [2.24, 2.45) is 5.16 Å². The molecule has 0 aliphatic rings. The second kappa shape index (κ2) is 6.19. The Balaban J connectivity index is 2.48. The van der Waals surface area contributed by atoms with E-state index in [1.807, 2.05) is 13.0 Å². The summed E-state index contributed by atoms with van der Waals surface area (Å²) in [5.74, 6) is -0.323. The average molecular weight is 226 g/mol. The maximum absolute atomic E-state index is 10.9. The van der Waals surface area contributed by atoms with Crippen LogP contribution < -0.4 is 0 Å².